The van der Waals surface area contributed by atoms with Gasteiger partial charge in [0.15, 0.2) is 0 Å². The molecule has 1 unspecified atom stereocenters. The van der Waals surface area contributed by atoms with E-state index in [4.69, 9.17) is 11.6 Å². The van der Waals surface area contributed by atoms with Crippen molar-refractivity contribution in [3.05, 3.63) is 17.5 Å². The van der Waals surface area contributed by atoms with Crippen LogP contribution in [0.25, 0.3) is 0 Å². The summed E-state index contributed by atoms with van der Waals surface area (Å²) in [6, 6.07) is 0. The Bertz CT molecular complexity index is 426. The van der Waals surface area contributed by atoms with Crippen LogP contribution >= 0.6 is 11.6 Å². The fraction of sp³-hybridized carbons (Fsp3) is 0.583. The first-order chi connectivity index (χ1) is 8.65. The highest BCUT2D eigenvalue weighted by molar-refractivity contribution is 6.29. The largest absolute Gasteiger partial charge is 0.356 e. The third-order valence-corrected chi connectivity index (χ3v) is 3.26. The van der Waals surface area contributed by atoms with Gasteiger partial charge in [0.25, 0.3) is 0 Å². The van der Waals surface area contributed by atoms with Crippen LogP contribution in [0.5, 0.6) is 0 Å². The van der Waals surface area contributed by atoms with Gasteiger partial charge in [0, 0.05) is 26.6 Å². The molecule has 0 saturated carbocycles. The molecule has 2 heterocycles. The fourth-order valence-electron chi connectivity index (χ4n) is 2.21. The lowest BCUT2D eigenvalue weighted by molar-refractivity contribution is -0.119. The topological polar surface area (TPSA) is 58.1 Å². The normalized spacial score (nSPS) is 19.7. The lowest BCUT2D eigenvalue weighted by Crippen LogP contribution is -2.41. The first-order valence-electron chi connectivity index (χ1n) is 6.12. The van der Waals surface area contributed by atoms with Crippen LogP contribution in [0.4, 0.5) is 5.82 Å². The minimum atomic E-state index is 0.0228. The van der Waals surface area contributed by atoms with Gasteiger partial charge in [-0.25, -0.2) is 4.98 Å². The van der Waals surface area contributed by atoms with Crippen LogP contribution in [-0.2, 0) is 4.79 Å². The summed E-state index contributed by atoms with van der Waals surface area (Å²) in [6.07, 6.45) is 5.49. The van der Waals surface area contributed by atoms with Crippen LogP contribution < -0.4 is 10.2 Å². The van der Waals surface area contributed by atoms with E-state index in [0.717, 1.165) is 38.3 Å². The lowest BCUT2D eigenvalue weighted by atomic mass is 9.98. The van der Waals surface area contributed by atoms with Crippen molar-refractivity contribution in [3.63, 3.8) is 0 Å². The minimum Gasteiger partial charge on any atom is -0.356 e. The Morgan fingerprint density at radius 3 is 3.17 bits per heavy atom. The molecule has 1 amide bonds. The van der Waals surface area contributed by atoms with Crippen molar-refractivity contribution in [2.24, 2.45) is 5.92 Å². The maximum Gasteiger partial charge on any atom is 0.216 e. The molecule has 2 rings (SSSR count). The highest BCUT2D eigenvalue weighted by Gasteiger charge is 2.21. The second kappa shape index (κ2) is 6.00. The van der Waals surface area contributed by atoms with Crippen LogP contribution in [0.3, 0.4) is 0 Å². The average molecular weight is 269 g/mol. The van der Waals surface area contributed by atoms with Gasteiger partial charge in [0.05, 0.1) is 12.4 Å². The average Bonchev–Trinajstić information content (AvgIpc) is 2.37. The highest BCUT2D eigenvalue weighted by atomic mass is 35.5. The number of nitrogens with zero attached hydrogens (tertiary/aromatic N) is 3. The van der Waals surface area contributed by atoms with E-state index in [0.29, 0.717) is 11.1 Å². The summed E-state index contributed by atoms with van der Waals surface area (Å²) < 4.78 is 0. The van der Waals surface area contributed by atoms with Crippen molar-refractivity contribution in [1.82, 2.24) is 15.3 Å². The quantitative estimate of drug-likeness (QED) is 0.902. The first-order valence-corrected chi connectivity index (χ1v) is 6.50. The summed E-state index contributed by atoms with van der Waals surface area (Å²) in [5.41, 5.74) is 0. The van der Waals surface area contributed by atoms with Gasteiger partial charge in [-0.15, -0.1) is 0 Å². The van der Waals surface area contributed by atoms with E-state index in [-0.39, 0.29) is 5.91 Å². The predicted octanol–water partition coefficient (Wildman–Crippen LogP) is 1.48. The number of amides is 1. The van der Waals surface area contributed by atoms with Crippen molar-refractivity contribution in [2.75, 3.05) is 24.5 Å². The lowest BCUT2D eigenvalue weighted by Gasteiger charge is -2.33. The van der Waals surface area contributed by atoms with Crippen molar-refractivity contribution >= 4 is 23.3 Å². The van der Waals surface area contributed by atoms with Crippen LogP contribution in [0.1, 0.15) is 19.8 Å². The fourth-order valence-corrected chi connectivity index (χ4v) is 2.36. The molecule has 1 atom stereocenters. The standard InChI is InChI=1S/C12H17ClN4O/c1-9(18)15-5-10-3-2-4-17(8-10)12-7-14-6-11(13)16-12/h6-7,10H,2-5,8H2,1H3,(H,15,18). The molecule has 0 radical (unpaired) electrons. The van der Waals surface area contributed by atoms with Crippen LogP contribution in [0.2, 0.25) is 5.15 Å². The van der Waals surface area contributed by atoms with Crippen LogP contribution in [-0.4, -0.2) is 35.5 Å². The molecule has 1 aromatic heterocycles. The molecule has 1 aromatic rings. The number of hydrogen-bond acceptors (Lipinski definition) is 4. The number of carbonyl (C=O) groups is 1. The molecule has 0 bridgehead atoms. The molecule has 0 aliphatic carbocycles. The zero-order valence-electron chi connectivity index (χ0n) is 10.4. The van der Waals surface area contributed by atoms with Gasteiger partial charge in [-0.05, 0) is 18.8 Å². The molecular weight excluding hydrogens is 252 g/mol. The second-order valence-corrected chi connectivity index (χ2v) is 4.98. The second-order valence-electron chi connectivity index (χ2n) is 4.59. The molecule has 6 heteroatoms. The van der Waals surface area contributed by atoms with E-state index in [1.54, 1.807) is 13.1 Å². The number of aromatic nitrogens is 2. The number of halogens is 1. The summed E-state index contributed by atoms with van der Waals surface area (Å²) in [7, 11) is 0. The smallest absolute Gasteiger partial charge is 0.216 e. The van der Waals surface area contributed by atoms with Crippen molar-refractivity contribution in [2.45, 2.75) is 19.8 Å². The zero-order valence-corrected chi connectivity index (χ0v) is 11.2. The zero-order chi connectivity index (χ0) is 13.0. The van der Waals surface area contributed by atoms with E-state index in [1.165, 1.54) is 6.20 Å². The number of rotatable bonds is 3. The summed E-state index contributed by atoms with van der Waals surface area (Å²) in [5, 5.41) is 3.28. The van der Waals surface area contributed by atoms with E-state index >= 15 is 0 Å². The van der Waals surface area contributed by atoms with E-state index in [1.807, 2.05) is 0 Å². The summed E-state index contributed by atoms with van der Waals surface area (Å²) in [6.45, 7) is 4.11. The third-order valence-electron chi connectivity index (χ3n) is 3.08. The third kappa shape index (κ3) is 3.57. The Morgan fingerprint density at radius 2 is 2.44 bits per heavy atom. The molecule has 0 aromatic carbocycles. The van der Waals surface area contributed by atoms with Crippen LogP contribution in [0.15, 0.2) is 12.4 Å². The summed E-state index contributed by atoms with van der Waals surface area (Å²) >= 11 is 5.85. The van der Waals surface area contributed by atoms with Gasteiger partial charge < -0.3 is 10.2 Å². The number of carbonyl (C=O) groups excluding carboxylic acids is 1. The molecule has 5 nitrogen and oxygen atoms in total. The maximum atomic E-state index is 10.9. The van der Waals surface area contributed by atoms with E-state index in [2.05, 4.69) is 20.2 Å². The van der Waals surface area contributed by atoms with Gasteiger partial charge in [-0.2, -0.15) is 0 Å². The Labute approximate surface area is 112 Å². The van der Waals surface area contributed by atoms with Crippen molar-refractivity contribution in [3.8, 4) is 0 Å². The first kappa shape index (κ1) is 13.1. The summed E-state index contributed by atoms with van der Waals surface area (Å²) in [4.78, 5) is 21.4. The van der Waals surface area contributed by atoms with Crippen molar-refractivity contribution in [1.29, 1.82) is 0 Å². The molecule has 1 aliphatic heterocycles. The van der Waals surface area contributed by atoms with Gasteiger partial charge in [0.2, 0.25) is 5.91 Å². The van der Waals surface area contributed by atoms with Gasteiger partial charge in [0.1, 0.15) is 11.0 Å². The molecule has 0 spiro atoms. The minimum absolute atomic E-state index is 0.0228. The predicted molar refractivity (Wildman–Crippen MR) is 70.7 cm³/mol. The molecular formula is C12H17ClN4O. The Balaban J connectivity index is 1.96. The highest BCUT2D eigenvalue weighted by Crippen LogP contribution is 2.21. The SMILES string of the molecule is CC(=O)NCC1CCCN(c2cncc(Cl)n2)C1. The Hall–Kier alpha value is -1.36. The number of piperidine rings is 1. The van der Waals surface area contributed by atoms with Gasteiger partial charge in [-0.1, -0.05) is 11.6 Å². The molecule has 1 saturated heterocycles. The van der Waals surface area contributed by atoms with E-state index in [9.17, 15) is 4.79 Å². The number of nitrogens with one attached hydrogen (secondary N) is 1. The van der Waals surface area contributed by atoms with E-state index < -0.39 is 0 Å². The van der Waals surface area contributed by atoms with Crippen LogP contribution in [0, 0.1) is 5.92 Å². The molecule has 1 N–H and O–H groups in total. The van der Waals surface area contributed by atoms with Gasteiger partial charge in [-0.3, -0.25) is 9.78 Å². The number of anilines is 1. The number of hydrogen-bond donors (Lipinski definition) is 1. The molecule has 1 fully saturated rings. The summed E-state index contributed by atoms with van der Waals surface area (Å²) in [5.74, 6) is 1.30. The van der Waals surface area contributed by atoms with Gasteiger partial charge >= 0.3 is 0 Å². The Morgan fingerprint density at radius 1 is 1.61 bits per heavy atom. The Kier molecular flexibility index (Phi) is 4.36. The molecule has 18 heavy (non-hydrogen) atoms. The molecule has 1 aliphatic rings. The van der Waals surface area contributed by atoms with Crippen molar-refractivity contribution < 1.29 is 4.79 Å². The monoisotopic (exact) mass is 268 g/mol. The maximum absolute atomic E-state index is 10.9. The molecule has 98 valence electrons.